The molecule has 6 heteroatoms. The molecule has 0 aromatic heterocycles. The molecule has 0 aromatic rings. The average molecular weight is 307 g/mol. The topological polar surface area (TPSA) is 59.6 Å². The van der Waals surface area contributed by atoms with Gasteiger partial charge < -0.3 is 20.1 Å². The van der Waals surface area contributed by atoms with Crippen molar-refractivity contribution in [2.75, 3.05) is 39.5 Å². The number of carbonyl (C=O) groups excluding carboxylic acids is 1. The van der Waals surface area contributed by atoms with Gasteiger partial charge in [-0.1, -0.05) is 0 Å². The lowest BCUT2D eigenvalue weighted by atomic mass is 10.0. The maximum Gasteiger partial charge on any atom is 0.237 e. The van der Waals surface area contributed by atoms with Crippen molar-refractivity contribution in [2.24, 2.45) is 5.92 Å². The molecule has 0 aliphatic carbocycles. The third-order valence-electron chi connectivity index (χ3n) is 3.84. The number of nitrogens with one attached hydrogen (secondary N) is 2. The second-order valence-corrected chi connectivity index (χ2v) is 5.42. The Kier molecular flexibility index (Phi) is 9.18. The zero-order valence-electron chi connectivity index (χ0n) is 12.1. The first-order chi connectivity index (χ1) is 9.36. The molecule has 0 radical (unpaired) electrons. The van der Waals surface area contributed by atoms with Crippen molar-refractivity contribution in [3.8, 4) is 0 Å². The van der Waals surface area contributed by atoms with Crippen LogP contribution in [0.15, 0.2) is 0 Å². The monoisotopic (exact) mass is 306 g/mol. The number of hydrogen-bond donors (Lipinski definition) is 2. The van der Waals surface area contributed by atoms with Gasteiger partial charge in [-0.15, -0.1) is 12.4 Å². The molecule has 2 saturated heterocycles. The summed E-state index contributed by atoms with van der Waals surface area (Å²) in [7, 11) is 0. The Hall–Kier alpha value is -0.360. The lowest BCUT2D eigenvalue weighted by Gasteiger charge is -2.21. The summed E-state index contributed by atoms with van der Waals surface area (Å²) in [6.45, 7) is 4.99. The van der Waals surface area contributed by atoms with E-state index in [1.807, 2.05) is 0 Å². The van der Waals surface area contributed by atoms with Crippen molar-refractivity contribution in [3.63, 3.8) is 0 Å². The summed E-state index contributed by atoms with van der Waals surface area (Å²) in [5.41, 5.74) is 0. The van der Waals surface area contributed by atoms with Crippen molar-refractivity contribution in [1.29, 1.82) is 0 Å². The molecule has 2 aliphatic rings. The number of halogens is 1. The molecule has 1 unspecified atom stereocenters. The Morgan fingerprint density at radius 3 is 2.80 bits per heavy atom. The van der Waals surface area contributed by atoms with E-state index in [4.69, 9.17) is 9.47 Å². The van der Waals surface area contributed by atoms with Crippen LogP contribution in [0.25, 0.3) is 0 Å². The van der Waals surface area contributed by atoms with Crippen LogP contribution in [0.2, 0.25) is 0 Å². The normalized spacial score (nSPS) is 23.3. The van der Waals surface area contributed by atoms with Gasteiger partial charge in [0.2, 0.25) is 5.91 Å². The van der Waals surface area contributed by atoms with Gasteiger partial charge in [0.25, 0.3) is 0 Å². The molecular formula is C14H27ClN2O3. The maximum absolute atomic E-state index is 11.7. The SMILES string of the molecule is Cl.O=C(NCCCOCC1CCOCC1)C1CCCN1. The molecule has 0 aromatic carbocycles. The third kappa shape index (κ3) is 6.39. The van der Waals surface area contributed by atoms with E-state index in [2.05, 4.69) is 10.6 Å². The van der Waals surface area contributed by atoms with Crippen LogP contribution in [-0.2, 0) is 14.3 Å². The highest BCUT2D eigenvalue weighted by atomic mass is 35.5. The molecule has 2 fully saturated rings. The van der Waals surface area contributed by atoms with E-state index >= 15 is 0 Å². The fourth-order valence-corrected chi connectivity index (χ4v) is 2.58. The summed E-state index contributed by atoms with van der Waals surface area (Å²) in [5.74, 6) is 0.799. The Balaban J connectivity index is 0.00000200. The molecule has 2 aliphatic heterocycles. The van der Waals surface area contributed by atoms with Gasteiger partial charge >= 0.3 is 0 Å². The molecule has 20 heavy (non-hydrogen) atoms. The number of amides is 1. The lowest BCUT2D eigenvalue weighted by Crippen LogP contribution is -2.40. The third-order valence-corrected chi connectivity index (χ3v) is 3.84. The van der Waals surface area contributed by atoms with Gasteiger partial charge in [-0.05, 0) is 44.6 Å². The van der Waals surface area contributed by atoms with Crippen molar-refractivity contribution in [2.45, 2.75) is 38.1 Å². The predicted molar refractivity (Wildman–Crippen MR) is 80.3 cm³/mol. The minimum Gasteiger partial charge on any atom is -0.381 e. The van der Waals surface area contributed by atoms with E-state index in [1.54, 1.807) is 0 Å². The molecular weight excluding hydrogens is 280 g/mol. The molecule has 118 valence electrons. The zero-order valence-corrected chi connectivity index (χ0v) is 12.9. The van der Waals surface area contributed by atoms with Crippen molar-refractivity contribution in [1.82, 2.24) is 10.6 Å². The van der Waals surface area contributed by atoms with Gasteiger partial charge in [-0.3, -0.25) is 4.79 Å². The number of rotatable bonds is 7. The Morgan fingerprint density at radius 1 is 1.30 bits per heavy atom. The summed E-state index contributed by atoms with van der Waals surface area (Å²) < 4.78 is 11.0. The molecule has 0 bridgehead atoms. The molecule has 1 amide bonds. The molecule has 0 saturated carbocycles. The molecule has 5 nitrogen and oxygen atoms in total. The van der Waals surface area contributed by atoms with Crippen LogP contribution >= 0.6 is 12.4 Å². The van der Waals surface area contributed by atoms with Crippen LogP contribution in [0.5, 0.6) is 0 Å². The van der Waals surface area contributed by atoms with Gasteiger partial charge in [0.1, 0.15) is 0 Å². The Bertz CT molecular complexity index is 267. The first kappa shape index (κ1) is 17.7. The average Bonchev–Trinajstić information content (AvgIpc) is 2.98. The first-order valence-corrected chi connectivity index (χ1v) is 7.53. The summed E-state index contributed by atoms with van der Waals surface area (Å²) >= 11 is 0. The Labute approximate surface area is 127 Å². The number of hydrogen-bond acceptors (Lipinski definition) is 4. The lowest BCUT2D eigenvalue weighted by molar-refractivity contribution is -0.122. The van der Waals surface area contributed by atoms with E-state index in [1.165, 1.54) is 0 Å². The summed E-state index contributed by atoms with van der Waals surface area (Å²) in [4.78, 5) is 11.7. The maximum atomic E-state index is 11.7. The van der Waals surface area contributed by atoms with E-state index < -0.39 is 0 Å². The molecule has 2 N–H and O–H groups in total. The van der Waals surface area contributed by atoms with Crippen LogP contribution in [0.3, 0.4) is 0 Å². The summed E-state index contributed by atoms with van der Waals surface area (Å²) in [6.07, 6.45) is 5.19. The molecule has 0 spiro atoms. The largest absolute Gasteiger partial charge is 0.381 e. The van der Waals surface area contributed by atoms with E-state index in [0.29, 0.717) is 12.5 Å². The minimum absolute atomic E-state index is 0. The van der Waals surface area contributed by atoms with Crippen LogP contribution in [0, 0.1) is 5.92 Å². The quantitative estimate of drug-likeness (QED) is 0.692. The van der Waals surface area contributed by atoms with Gasteiger partial charge in [-0.25, -0.2) is 0 Å². The number of ether oxygens (including phenoxy) is 2. The highest BCUT2D eigenvalue weighted by Gasteiger charge is 2.21. The molecule has 2 heterocycles. The highest BCUT2D eigenvalue weighted by molar-refractivity contribution is 5.85. The predicted octanol–water partition coefficient (Wildman–Crippen LogP) is 1.11. The van der Waals surface area contributed by atoms with E-state index in [-0.39, 0.29) is 24.4 Å². The van der Waals surface area contributed by atoms with Gasteiger partial charge in [-0.2, -0.15) is 0 Å². The van der Waals surface area contributed by atoms with Crippen LogP contribution in [0.1, 0.15) is 32.1 Å². The Morgan fingerprint density at radius 2 is 2.10 bits per heavy atom. The van der Waals surface area contributed by atoms with Crippen LogP contribution in [0.4, 0.5) is 0 Å². The standard InChI is InChI=1S/C14H26N2O3.ClH/c17-14(13-3-1-6-15-13)16-7-2-8-19-11-12-4-9-18-10-5-12;/h12-13,15H,1-11H2,(H,16,17);1H. The van der Waals surface area contributed by atoms with Crippen molar-refractivity contribution in [3.05, 3.63) is 0 Å². The summed E-state index contributed by atoms with van der Waals surface area (Å²) in [6, 6.07) is 0.0307. The fourth-order valence-electron chi connectivity index (χ4n) is 2.58. The van der Waals surface area contributed by atoms with E-state index in [0.717, 1.165) is 65.1 Å². The van der Waals surface area contributed by atoms with Gasteiger partial charge in [0.15, 0.2) is 0 Å². The van der Waals surface area contributed by atoms with Crippen LogP contribution in [-0.4, -0.2) is 51.5 Å². The fraction of sp³-hybridized carbons (Fsp3) is 0.929. The first-order valence-electron chi connectivity index (χ1n) is 7.53. The molecule has 1 atom stereocenters. The van der Waals surface area contributed by atoms with Gasteiger partial charge in [0.05, 0.1) is 6.04 Å². The summed E-state index contributed by atoms with van der Waals surface area (Å²) in [5, 5.41) is 6.16. The van der Waals surface area contributed by atoms with Gasteiger partial charge in [0, 0.05) is 33.0 Å². The highest BCUT2D eigenvalue weighted by Crippen LogP contribution is 2.14. The van der Waals surface area contributed by atoms with E-state index in [9.17, 15) is 4.79 Å². The molecule has 2 rings (SSSR count). The second kappa shape index (κ2) is 10.4. The van der Waals surface area contributed by atoms with Crippen molar-refractivity contribution >= 4 is 18.3 Å². The van der Waals surface area contributed by atoms with Crippen LogP contribution < -0.4 is 10.6 Å². The smallest absolute Gasteiger partial charge is 0.237 e. The minimum atomic E-state index is 0. The zero-order chi connectivity index (χ0) is 13.3. The van der Waals surface area contributed by atoms with Crippen molar-refractivity contribution < 1.29 is 14.3 Å². The second-order valence-electron chi connectivity index (χ2n) is 5.42. The number of carbonyl (C=O) groups is 1.